The first-order valence-corrected chi connectivity index (χ1v) is 7.41. The van der Waals surface area contributed by atoms with Crippen molar-refractivity contribution < 1.29 is 4.39 Å². The number of anilines is 1. The van der Waals surface area contributed by atoms with E-state index in [1.807, 2.05) is 4.68 Å². The fourth-order valence-electron chi connectivity index (χ4n) is 3.10. The van der Waals surface area contributed by atoms with Gasteiger partial charge in [0.25, 0.3) is 0 Å². The van der Waals surface area contributed by atoms with Crippen LogP contribution in [-0.4, -0.2) is 20.2 Å². The molecule has 2 unspecified atom stereocenters. The first-order valence-electron chi connectivity index (χ1n) is 7.41. The molecule has 1 heterocycles. The van der Waals surface area contributed by atoms with Gasteiger partial charge in [0.15, 0.2) is 5.82 Å². The summed E-state index contributed by atoms with van der Waals surface area (Å²) in [4.78, 5) is 0. The van der Waals surface area contributed by atoms with Crippen LogP contribution in [0.25, 0.3) is 11.4 Å². The summed E-state index contributed by atoms with van der Waals surface area (Å²) in [5.41, 5.74) is 7.39. The average molecular weight is 289 g/mol. The van der Waals surface area contributed by atoms with Crippen LogP contribution in [0.1, 0.15) is 44.2 Å². The van der Waals surface area contributed by atoms with Crippen molar-refractivity contribution in [1.82, 2.24) is 20.2 Å². The molecule has 5 nitrogen and oxygen atoms in total. The molecule has 1 aliphatic rings. The van der Waals surface area contributed by atoms with Gasteiger partial charge >= 0.3 is 0 Å². The van der Waals surface area contributed by atoms with E-state index in [0.29, 0.717) is 28.6 Å². The average Bonchev–Trinajstić information content (AvgIpc) is 2.94. The van der Waals surface area contributed by atoms with E-state index in [2.05, 4.69) is 22.4 Å². The third-order valence-corrected chi connectivity index (χ3v) is 4.52. The Hall–Kier alpha value is -1.98. The molecule has 0 aliphatic heterocycles. The summed E-state index contributed by atoms with van der Waals surface area (Å²) in [6.07, 6.45) is 4.66. The summed E-state index contributed by atoms with van der Waals surface area (Å²) in [6, 6.07) is 3.48. The second kappa shape index (κ2) is 5.42. The molecule has 2 N–H and O–H groups in total. The standard InChI is InChI=1S/C15H20FN5/c1-9-5-3-4-6-14(9)21-15(18-19-20-21)11-7-12(16)10(2)13(17)8-11/h7-9,14H,3-6,17H2,1-2H3. The molecule has 112 valence electrons. The zero-order valence-electron chi connectivity index (χ0n) is 12.4. The minimum Gasteiger partial charge on any atom is -0.398 e. The van der Waals surface area contributed by atoms with Crippen molar-refractivity contribution in [2.24, 2.45) is 5.92 Å². The Balaban J connectivity index is 2.03. The molecule has 0 saturated heterocycles. The van der Waals surface area contributed by atoms with E-state index < -0.39 is 0 Å². The summed E-state index contributed by atoms with van der Waals surface area (Å²) < 4.78 is 15.8. The van der Waals surface area contributed by atoms with Crippen LogP contribution in [0.3, 0.4) is 0 Å². The number of nitrogens with two attached hydrogens (primary N) is 1. The lowest BCUT2D eigenvalue weighted by Gasteiger charge is -2.29. The van der Waals surface area contributed by atoms with Crippen molar-refractivity contribution in [3.05, 3.63) is 23.5 Å². The van der Waals surface area contributed by atoms with Gasteiger partial charge in [0.2, 0.25) is 0 Å². The summed E-state index contributed by atoms with van der Waals surface area (Å²) >= 11 is 0. The van der Waals surface area contributed by atoms with Gasteiger partial charge in [-0.1, -0.05) is 19.8 Å². The molecule has 0 bridgehead atoms. The molecular formula is C15H20FN5. The maximum absolute atomic E-state index is 13.9. The first kappa shape index (κ1) is 14.0. The van der Waals surface area contributed by atoms with Gasteiger partial charge in [-0.05, 0) is 48.2 Å². The lowest BCUT2D eigenvalue weighted by atomic mass is 9.86. The number of aromatic nitrogens is 4. The molecule has 3 rings (SSSR count). The van der Waals surface area contributed by atoms with Gasteiger partial charge in [0, 0.05) is 16.8 Å². The molecule has 21 heavy (non-hydrogen) atoms. The highest BCUT2D eigenvalue weighted by atomic mass is 19.1. The Labute approximate surface area is 123 Å². The zero-order valence-corrected chi connectivity index (χ0v) is 12.4. The van der Waals surface area contributed by atoms with Crippen LogP contribution in [0.4, 0.5) is 10.1 Å². The minimum absolute atomic E-state index is 0.273. The number of nitrogen functional groups attached to an aromatic ring is 1. The van der Waals surface area contributed by atoms with Crippen molar-refractivity contribution in [3.8, 4) is 11.4 Å². The quantitative estimate of drug-likeness (QED) is 0.862. The molecule has 0 radical (unpaired) electrons. The van der Waals surface area contributed by atoms with E-state index in [0.717, 1.165) is 6.42 Å². The zero-order chi connectivity index (χ0) is 15.0. The summed E-state index contributed by atoms with van der Waals surface area (Å²) in [6.45, 7) is 3.89. The van der Waals surface area contributed by atoms with Crippen molar-refractivity contribution >= 4 is 5.69 Å². The SMILES string of the molecule is Cc1c(N)cc(-c2nnnn2C2CCCCC2C)cc1F. The van der Waals surface area contributed by atoms with Crippen molar-refractivity contribution in [2.75, 3.05) is 5.73 Å². The number of hydrogen-bond acceptors (Lipinski definition) is 4. The Morgan fingerprint density at radius 2 is 2.05 bits per heavy atom. The fourth-order valence-corrected chi connectivity index (χ4v) is 3.10. The molecule has 1 aromatic heterocycles. The Kier molecular flexibility index (Phi) is 3.61. The smallest absolute Gasteiger partial charge is 0.182 e. The minimum atomic E-state index is -0.323. The fraction of sp³-hybridized carbons (Fsp3) is 0.533. The van der Waals surface area contributed by atoms with E-state index in [-0.39, 0.29) is 11.9 Å². The van der Waals surface area contributed by atoms with Crippen LogP contribution in [0, 0.1) is 18.7 Å². The normalized spacial score (nSPS) is 22.4. The van der Waals surface area contributed by atoms with Gasteiger partial charge < -0.3 is 5.73 Å². The monoisotopic (exact) mass is 289 g/mol. The molecular weight excluding hydrogens is 269 g/mol. The number of benzene rings is 1. The van der Waals surface area contributed by atoms with Crippen LogP contribution in [0.2, 0.25) is 0 Å². The molecule has 2 atom stereocenters. The van der Waals surface area contributed by atoms with Gasteiger partial charge in [0.1, 0.15) is 5.82 Å². The second-order valence-corrected chi connectivity index (χ2v) is 5.95. The van der Waals surface area contributed by atoms with E-state index >= 15 is 0 Å². The predicted octanol–water partition coefficient (Wildman–Crippen LogP) is 3.12. The number of tetrazole rings is 1. The Morgan fingerprint density at radius 3 is 2.76 bits per heavy atom. The number of hydrogen-bond donors (Lipinski definition) is 1. The molecule has 1 fully saturated rings. The number of halogens is 1. The van der Waals surface area contributed by atoms with E-state index in [1.54, 1.807) is 13.0 Å². The molecule has 6 heteroatoms. The molecule has 1 saturated carbocycles. The lowest BCUT2D eigenvalue weighted by Crippen LogP contribution is -2.23. The Morgan fingerprint density at radius 1 is 1.29 bits per heavy atom. The molecule has 1 aromatic carbocycles. The second-order valence-electron chi connectivity index (χ2n) is 5.95. The predicted molar refractivity (Wildman–Crippen MR) is 79.0 cm³/mol. The topological polar surface area (TPSA) is 69.6 Å². The van der Waals surface area contributed by atoms with Crippen molar-refractivity contribution in [3.63, 3.8) is 0 Å². The van der Waals surface area contributed by atoms with E-state index in [9.17, 15) is 4.39 Å². The van der Waals surface area contributed by atoms with Crippen LogP contribution in [-0.2, 0) is 0 Å². The molecule has 0 amide bonds. The van der Waals surface area contributed by atoms with E-state index in [4.69, 9.17) is 5.73 Å². The highest BCUT2D eigenvalue weighted by Gasteiger charge is 2.27. The maximum Gasteiger partial charge on any atom is 0.182 e. The summed E-state index contributed by atoms with van der Waals surface area (Å²) in [7, 11) is 0. The summed E-state index contributed by atoms with van der Waals surface area (Å²) in [5.74, 6) is 0.796. The van der Waals surface area contributed by atoms with Crippen LogP contribution in [0.15, 0.2) is 12.1 Å². The lowest BCUT2D eigenvalue weighted by molar-refractivity contribution is 0.239. The van der Waals surface area contributed by atoms with Crippen LogP contribution < -0.4 is 5.73 Å². The molecule has 2 aromatic rings. The molecule has 0 spiro atoms. The van der Waals surface area contributed by atoms with Gasteiger partial charge in [-0.3, -0.25) is 0 Å². The molecule has 1 aliphatic carbocycles. The maximum atomic E-state index is 13.9. The highest BCUT2D eigenvalue weighted by Crippen LogP contribution is 2.35. The van der Waals surface area contributed by atoms with Gasteiger partial charge in [-0.15, -0.1) is 5.10 Å². The summed E-state index contributed by atoms with van der Waals surface area (Å²) in [5, 5.41) is 12.0. The highest BCUT2D eigenvalue weighted by molar-refractivity contribution is 5.64. The van der Waals surface area contributed by atoms with Crippen molar-refractivity contribution in [2.45, 2.75) is 45.6 Å². The van der Waals surface area contributed by atoms with Gasteiger partial charge in [-0.25, -0.2) is 9.07 Å². The largest absolute Gasteiger partial charge is 0.398 e. The van der Waals surface area contributed by atoms with Crippen LogP contribution in [0.5, 0.6) is 0 Å². The number of rotatable bonds is 2. The van der Waals surface area contributed by atoms with Gasteiger partial charge in [-0.2, -0.15) is 0 Å². The van der Waals surface area contributed by atoms with Crippen LogP contribution >= 0.6 is 0 Å². The third kappa shape index (κ3) is 2.50. The van der Waals surface area contributed by atoms with E-state index in [1.165, 1.54) is 25.3 Å². The van der Waals surface area contributed by atoms with Gasteiger partial charge in [0.05, 0.1) is 6.04 Å². The Bertz CT molecular complexity index is 628. The third-order valence-electron chi connectivity index (χ3n) is 4.52. The first-order chi connectivity index (χ1) is 10.1. The van der Waals surface area contributed by atoms with Crippen molar-refractivity contribution in [1.29, 1.82) is 0 Å². The number of nitrogens with zero attached hydrogens (tertiary/aromatic N) is 4.